The van der Waals surface area contributed by atoms with Crippen LogP contribution in [-0.4, -0.2) is 23.4 Å². The third-order valence-electron chi connectivity index (χ3n) is 1.79. The molecule has 1 atom stereocenters. The molecule has 0 fully saturated rings. The average molecular weight is 211 g/mol. The molecule has 1 unspecified atom stereocenters. The normalized spacial score (nSPS) is 12.4. The molecular weight excluding hydrogens is 198 g/mol. The predicted octanol–water partition coefficient (Wildman–Crippen LogP) is 1.50. The van der Waals surface area contributed by atoms with Gasteiger partial charge in [-0.15, -0.1) is 11.8 Å². The SMILES string of the molecule is NCC(SCC(=O)O)c1ccccc1. The Balaban J connectivity index is 2.58. The maximum atomic E-state index is 10.4. The summed E-state index contributed by atoms with van der Waals surface area (Å²) in [5.74, 6) is -0.707. The monoisotopic (exact) mass is 211 g/mol. The Hall–Kier alpha value is -1.00. The number of hydrogen-bond acceptors (Lipinski definition) is 3. The molecule has 0 aliphatic carbocycles. The van der Waals surface area contributed by atoms with Crippen LogP contribution >= 0.6 is 11.8 Å². The zero-order valence-electron chi connectivity index (χ0n) is 7.72. The highest BCUT2D eigenvalue weighted by molar-refractivity contribution is 8.00. The highest BCUT2D eigenvalue weighted by Gasteiger charge is 2.11. The molecule has 0 aromatic heterocycles. The van der Waals surface area contributed by atoms with E-state index in [1.54, 1.807) is 0 Å². The predicted molar refractivity (Wildman–Crippen MR) is 58.3 cm³/mol. The number of carboxylic acids is 1. The van der Waals surface area contributed by atoms with Crippen molar-refractivity contribution >= 4 is 17.7 Å². The maximum Gasteiger partial charge on any atom is 0.313 e. The van der Waals surface area contributed by atoms with Crippen molar-refractivity contribution in [1.29, 1.82) is 0 Å². The van der Waals surface area contributed by atoms with Gasteiger partial charge in [0.15, 0.2) is 0 Å². The fourth-order valence-electron chi connectivity index (χ4n) is 1.14. The molecule has 0 spiro atoms. The number of benzene rings is 1. The molecule has 3 N–H and O–H groups in total. The summed E-state index contributed by atoms with van der Waals surface area (Å²) < 4.78 is 0. The highest BCUT2D eigenvalue weighted by Crippen LogP contribution is 2.26. The molecule has 0 saturated heterocycles. The van der Waals surface area contributed by atoms with Crippen LogP contribution in [0.3, 0.4) is 0 Å². The van der Waals surface area contributed by atoms with Gasteiger partial charge in [0.05, 0.1) is 5.75 Å². The van der Waals surface area contributed by atoms with E-state index in [0.29, 0.717) is 6.54 Å². The van der Waals surface area contributed by atoms with E-state index in [1.807, 2.05) is 30.3 Å². The Morgan fingerprint density at radius 1 is 1.43 bits per heavy atom. The summed E-state index contributed by atoms with van der Waals surface area (Å²) in [7, 11) is 0. The maximum absolute atomic E-state index is 10.4. The fourth-order valence-corrected chi connectivity index (χ4v) is 1.97. The van der Waals surface area contributed by atoms with Crippen molar-refractivity contribution in [3.8, 4) is 0 Å². The summed E-state index contributed by atoms with van der Waals surface area (Å²) in [6.07, 6.45) is 0. The van der Waals surface area contributed by atoms with Gasteiger partial charge in [0, 0.05) is 11.8 Å². The Bertz CT molecular complexity index is 289. The molecule has 76 valence electrons. The third-order valence-corrected chi connectivity index (χ3v) is 3.07. The van der Waals surface area contributed by atoms with Gasteiger partial charge in [-0.3, -0.25) is 4.79 Å². The van der Waals surface area contributed by atoms with Gasteiger partial charge in [-0.05, 0) is 5.56 Å². The zero-order chi connectivity index (χ0) is 10.4. The first kappa shape index (κ1) is 11.1. The molecular formula is C10H13NO2S. The van der Waals surface area contributed by atoms with E-state index in [2.05, 4.69) is 0 Å². The van der Waals surface area contributed by atoms with E-state index in [4.69, 9.17) is 10.8 Å². The summed E-state index contributed by atoms with van der Waals surface area (Å²) in [5.41, 5.74) is 6.66. The molecule has 1 aromatic carbocycles. The minimum atomic E-state index is -0.801. The third kappa shape index (κ3) is 3.40. The second-order valence-electron chi connectivity index (χ2n) is 2.84. The first-order valence-electron chi connectivity index (χ1n) is 4.32. The molecule has 0 aliphatic heterocycles. The van der Waals surface area contributed by atoms with Gasteiger partial charge in [-0.2, -0.15) is 0 Å². The lowest BCUT2D eigenvalue weighted by Gasteiger charge is -2.12. The topological polar surface area (TPSA) is 63.3 Å². The van der Waals surface area contributed by atoms with Crippen molar-refractivity contribution in [2.24, 2.45) is 5.73 Å². The fraction of sp³-hybridized carbons (Fsp3) is 0.300. The average Bonchev–Trinajstić information content (AvgIpc) is 2.20. The summed E-state index contributed by atoms with van der Waals surface area (Å²) in [4.78, 5) is 10.4. The van der Waals surface area contributed by atoms with E-state index in [-0.39, 0.29) is 11.0 Å². The molecule has 1 aromatic rings. The van der Waals surface area contributed by atoms with Gasteiger partial charge in [0.1, 0.15) is 0 Å². The van der Waals surface area contributed by atoms with Crippen LogP contribution in [0.15, 0.2) is 30.3 Å². The van der Waals surface area contributed by atoms with Gasteiger partial charge in [-0.1, -0.05) is 30.3 Å². The van der Waals surface area contributed by atoms with Crippen LogP contribution in [0, 0.1) is 0 Å². The smallest absolute Gasteiger partial charge is 0.313 e. The molecule has 1 rings (SSSR count). The number of aliphatic carboxylic acids is 1. The molecule has 0 heterocycles. The molecule has 0 radical (unpaired) electrons. The van der Waals surface area contributed by atoms with E-state index in [1.165, 1.54) is 11.8 Å². The van der Waals surface area contributed by atoms with Gasteiger partial charge in [-0.25, -0.2) is 0 Å². The van der Waals surface area contributed by atoms with Crippen LogP contribution in [0.2, 0.25) is 0 Å². The standard InChI is InChI=1S/C10H13NO2S/c11-6-9(14-7-10(12)13)8-4-2-1-3-5-8/h1-5,9H,6-7,11H2,(H,12,13). The minimum absolute atomic E-state index is 0.0762. The van der Waals surface area contributed by atoms with Crippen LogP contribution in [-0.2, 0) is 4.79 Å². The minimum Gasteiger partial charge on any atom is -0.481 e. The van der Waals surface area contributed by atoms with Gasteiger partial charge < -0.3 is 10.8 Å². The molecule has 0 amide bonds. The number of hydrogen-bond donors (Lipinski definition) is 2. The van der Waals surface area contributed by atoms with E-state index in [9.17, 15) is 4.79 Å². The number of rotatable bonds is 5. The van der Waals surface area contributed by atoms with Gasteiger partial charge >= 0.3 is 5.97 Å². The summed E-state index contributed by atoms with van der Waals surface area (Å²) >= 11 is 1.36. The van der Waals surface area contributed by atoms with Gasteiger partial charge in [0.2, 0.25) is 0 Å². The first-order valence-corrected chi connectivity index (χ1v) is 5.37. The molecule has 0 bridgehead atoms. The Labute approximate surface area is 87.3 Å². The summed E-state index contributed by atoms with van der Waals surface area (Å²) in [6, 6.07) is 9.72. The van der Waals surface area contributed by atoms with E-state index < -0.39 is 5.97 Å². The number of nitrogens with two attached hydrogens (primary N) is 1. The number of thioether (sulfide) groups is 1. The Kier molecular flexibility index (Phi) is 4.49. The molecule has 0 aliphatic rings. The lowest BCUT2D eigenvalue weighted by atomic mass is 10.1. The summed E-state index contributed by atoms with van der Waals surface area (Å²) in [5, 5.41) is 8.62. The molecule has 14 heavy (non-hydrogen) atoms. The summed E-state index contributed by atoms with van der Waals surface area (Å²) in [6.45, 7) is 0.460. The van der Waals surface area contributed by atoms with Crippen molar-refractivity contribution in [2.75, 3.05) is 12.3 Å². The van der Waals surface area contributed by atoms with Crippen molar-refractivity contribution in [1.82, 2.24) is 0 Å². The first-order chi connectivity index (χ1) is 6.74. The van der Waals surface area contributed by atoms with E-state index >= 15 is 0 Å². The molecule has 3 nitrogen and oxygen atoms in total. The second kappa shape index (κ2) is 5.67. The van der Waals surface area contributed by atoms with Crippen molar-refractivity contribution < 1.29 is 9.90 Å². The molecule has 0 saturated carbocycles. The van der Waals surface area contributed by atoms with Crippen LogP contribution in [0.5, 0.6) is 0 Å². The van der Waals surface area contributed by atoms with Crippen LogP contribution in [0.4, 0.5) is 0 Å². The quantitative estimate of drug-likeness (QED) is 0.774. The lowest BCUT2D eigenvalue weighted by molar-refractivity contribution is -0.133. The van der Waals surface area contributed by atoms with Crippen molar-refractivity contribution in [2.45, 2.75) is 5.25 Å². The van der Waals surface area contributed by atoms with Crippen molar-refractivity contribution in [3.63, 3.8) is 0 Å². The van der Waals surface area contributed by atoms with Crippen molar-refractivity contribution in [3.05, 3.63) is 35.9 Å². The van der Waals surface area contributed by atoms with Gasteiger partial charge in [0.25, 0.3) is 0 Å². The second-order valence-corrected chi connectivity index (χ2v) is 4.03. The van der Waals surface area contributed by atoms with Crippen LogP contribution in [0.25, 0.3) is 0 Å². The largest absolute Gasteiger partial charge is 0.481 e. The lowest BCUT2D eigenvalue weighted by Crippen LogP contribution is -2.11. The van der Waals surface area contributed by atoms with Crippen LogP contribution < -0.4 is 5.73 Å². The number of carbonyl (C=O) groups is 1. The Morgan fingerprint density at radius 3 is 2.57 bits per heavy atom. The van der Waals surface area contributed by atoms with E-state index in [0.717, 1.165) is 5.56 Å². The van der Waals surface area contributed by atoms with Crippen LogP contribution in [0.1, 0.15) is 10.8 Å². The zero-order valence-corrected chi connectivity index (χ0v) is 8.54. The highest BCUT2D eigenvalue weighted by atomic mass is 32.2. The molecule has 4 heteroatoms. The number of carboxylic acid groups (broad SMARTS) is 1. The Morgan fingerprint density at radius 2 is 2.07 bits per heavy atom.